The van der Waals surface area contributed by atoms with Crippen molar-refractivity contribution < 1.29 is 51.0 Å². The van der Waals surface area contributed by atoms with E-state index in [1.807, 2.05) is 0 Å². The molecule has 2 fully saturated rings. The summed E-state index contributed by atoms with van der Waals surface area (Å²) in [4.78, 5) is 0. The first-order valence-corrected chi connectivity index (χ1v) is 16.5. The van der Waals surface area contributed by atoms with Crippen molar-refractivity contribution >= 4 is 16.1 Å². The molecule has 0 saturated carbocycles. The summed E-state index contributed by atoms with van der Waals surface area (Å²) in [5.74, 6) is 0. The minimum Gasteiger partial charge on any atom is -1.00 e. The Morgan fingerprint density at radius 3 is 1.31 bits per heavy atom. The summed E-state index contributed by atoms with van der Waals surface area (Å²) in [6.07, 6.45) is 27.3. The zero-order valence-electron chi connectivity index (χ0n) is 18.5. The summed E-state index contributed by atoms with van der Waals surface area (Å²) >= 11 is 0. The molecule has 160 valence electrons. The monoisotopic (exact) mass is 542 g/mol. The quantitative estimate of drug-likeness (QED) is 0.323. The van der Waals surface area contributed by atoms with Gasteiger partial charge in [0.2, 0.25) is 0 Å². The molecule has 4 aliphatic rings. The first-order valence-electron chi connectivity index (χ1n) is 11.3. The zero-order chi connectivity index (χ0) is 18.3. The second-order valence-electron chi connectivity index (χ2n) is 8.87. The Morgan fingerprint density at radius 1 is 0.724 bits per heavy atom. The van der Waals surface area contributed by atoms with E-state index in [0.29, 0.717) is 0 Å². The topological polar surface area (TPSA) is 0 Å². The molecule has 2 saturated heterocycles. The van der Waals surface area contributed by atoms with Crippen molar-refractivity contribution in [1.29, 1.82) is 0 Å². The van der Waals surface area contributed by atoms with Crippen LogP contribution in [0.5, 0.6) is 0 Å². The van der Waals surface area contributed by atoms with Crippen LogP contribution < -0.4 is 24.8 Å². The summed E-state index contributed by atoms with van der Waals surface area (Å²) in [6.45, 7) is 4.62. The Balaban J connectivity index is 0.000000490. The van der Waals surface area contributed by atoms with Crippen molar-refractivity contribution in [3.05, 3.63) is 46.8 Å². The predicted octanol–water partition coefficient (Wildman–Crippen LogP) is 1.74. The van der Waals surface area contributed by atoms with Gasteiger partial charge in [0, 0.05) is 16.1 Å². The second-order valence-corrected chi connectivity index (χ2v) is 18.1. The van der Waals surface area contributed by atoms with Crippen LogP contribution in [-0.4, -0.2) is 16.1 Å². The molecule has 0 atom stereocenters. The average Bonchev–Trinajstić information content (AvgIpc) is 3.28. The largest absolute Gasteiger partial charge is 4.00 e. The van der Waals surface area contributed by atoms with Gasteiger partial charge in [-0.25, -0.2) is 22.5 Å². The number of hydrogen-bond donors (Lipinski definition) is 0. The predicted molar refractivity (Wildman–Crippen MR) is 120 cm³/mol. The molecule has 0 N–H and O–H groups in total. The smallest absolute Gasteiger partial charge is 1.00 e. The van der Waals surface area contributed by atoms with Crippen molar-refractivity contribution in [3.63, 3.8) is 0 Å². The van der Waals surface area contributed by atoms with Crippen molar-refractivity contribution in [2.24, 2.45) is 0 Å². The molecule has 0 aromatic rings. The molecule has 0 spiro atoms. The standard InChI is InChI=1S/2C12H19Si.2ClH.Zr/c2*1-2-3-9-13(10-6-11-13)12-7-4-5-8-12;;;/h2*4,7H,2-3,5-6,9-11H2,1H3;2*1H;/q2*-1;;;+4/p-2. The van der Waals surface area contributed by atoms with Gasteiger partial charge >= 0.3 is 26.2 Å². The van der Waals surface area contributed by atoms with E-state index in [2.05, 4.69) is 50.3 Å². The SMILES string of the molecule is CCCC[Si]1(C2=[C-]CC=C2)CCC1.CCCC[Si]1(C2=[C-]CC=C2)CCC1.[Cl-].[Cl-].[Zr+4]. The molecular formula is C24H38Cl2Si2Zr. The fraction of sp³-hybridized carbons (Fsp3) is 0.667. The van der Waals surface area contributed by atoms with E-state index in [0.717, 1.165) is 12.8 Å². The molecule has 5 heteroatoms. The van der Waals surface area contributed by atoms with Crippen LogP contribution in [0.3, 0.4) is 0 Å². The molecule has 0 amide bonds. The maximum absolute atomic E-state index is 3.58. The molecule has 0 bridgehead atoms. The third-order valence-corrected chi connectivity index (χ3v) is 18.0. The van der Waals surface area contributed by atoms with Crippen molar-refractivity contribution in [2.45, 2.75) is 101 Å². The van der Waals surface area contributed by atoms with Gasteiger partial charge in [-0.15, -0.1) is 12.8 Å². The van der Waals surface area contributed by atoms with Crippen LogP contribution in [0.1, 0.15) is 65.2 Å². The Kier molecular flexibility index (Phi) is 15.3. The van der Waals surface area contributed by atoms with Crippen molar-refractivity contribution in [2.75, 3.05) is 0 Å². The molecule has 0 aromatic heterocycles. The van der Waals surface area contributed by atoms with Crippen molar-refractivity contribution in [3.8, 4) is 0 Å². The third kappa shape index (κ3) is 7.45. The van der Waals surface area contributed by atoms with Crippen LogP contribution in [0.4, 0.5) is 0 Å². The van der Waals surface area contributed by atoms with E-state index >= 15 is 0 Å². The first kappa shape index (κ1) is 29.9. The molecule has 4 rings (SSSR count). The van der Waals surface area contributed by atoms with Crippen LogP contribution in [0.2, 0.25) is 36.3 Å². The summed E-state index contributed by atoms with van der Waals surface area (Å²) in [5, 5.41) is 3.35. The van der Waals surface area contributed by atoms with E-state index < -0.39 is 16.1 Å². The number of halogens is 2. The fourth-order valence-corrected chi connectivity index (χ4v) is 14.1. The van der Waals surface area contributed by atoms with Gasteiger partial charge in [-0.1, -0.05) is 88.6 Å². The van der Waals surface area contributed by atoms with E-state index in [9.17, 15) is 0 Å². The molecule has 29 heavy (non-hydrogen) atoms. The van der Waals surface area contributed by atoms with Gasteiger partial charge in [0.25, 0.3) is 0 Å². The van der Waals surface area contributed by atoms with E-state index in [-0.39, 0.29) is 51.0 Å². The number of hydrogen-bond acceptors (Lipinski definition) is 0. The maximum Gasteiger partial charge on any atom is 4.00 e. The molecular weight excluding hydrogens is 507 g/mol. The van der Waals surface area contributed by atoms with Gasteiger partial charge in [-0.3, -0.25) is 12.2 Å². The van der Waals surface area contributed by atoms with Crippen LogP contribution in [0.25, 0.3) is 0 Å². The van der Waals surface area contributed by atoms with Gasteiger partial charge in [0.1, 0.15) is 0 Å². The molecule has 0 aromatic carbocycles. The normalized spacial score (nSPS) is 21.7. The van der Waals surface area contributed by atoms with Gasteiger partial charge in [-0.2, -0.15) is 12.2 Å². The molecule has 0 radical (unpaired) electrons. The average molecular weight is 545 g/mol. The molecule has 0 nitrogen and oxygen atoms in total. The van der Waals surface area contributed by atoms with Crippen molar-refractivity contribution in [1.82, 2.24) is 0 Å². The van der Waals surface area contributed by atoms with E-state index in [1.165, 1.54) is 50.6 Å². The second kappa shape index (κ2) is 14.8. The molecule has 0 unspecified atom stereocenters. The van der Waals surface area contributed by atoms with Crippen LogP contribution in [0.15, 0.2) is 34.7 Å². The van der Waals surface area contributed by atoms with Gasteiger partial charge in [0.05, 0.1) is 0 Å². The first-order chi connectivity index (χ1) is 12.7. The van der Waals surface area contributed by atoms with Crippen LogP contribution >= 0.6 is 0 Å². The van der Waals surface area contributed by atoms with E-state index in [1.54, 1.807) is 34.6 Å². The van der Waals surface area contributed by atoms with E-state index in [4.69, 9.17) is 0 Å². The number of allylic oxidation sites excluding steroid dienone is 8. The molecule has 2 aliphatic carbocycles. The summed E-state index contributed by atoms with van der Waals surface area (Å²) in [5.41, 5.74) is 0. The van der Waals surface area contributed by atoms with Gasteiger partial charge in [0.15, 0.2) is 0 Å². The Hall–Kier alpha value is 0.857. The Labute approximate surface area is 214 Å². The number of rotatable bonds is 8. The third-order valence-electron chi connectivity index (χ3n) is 7.17. The Morgan fingerprint density at radius 2 is 1.10 bits per heavy atom. The minimum absolute atomic E-state index is 0. The zero-order valence-corrected chi connectivity index (χ0v) is 24.4. The molecule has 2 aliphatic heterocycles. The summed E-state index contributed by atoms with van der Waals surface area (Å²) < 4.78 is 0. The maximum atomic E-state index is 3.58. The minimum atomic E-state index is -0.912. The van der Waals surface area contributed by atoms with Crippen LogP contribution in [-0.2, 0) is 26.2 Å². The molecule has 2 heterocycles. The van der Waals surface area contributed by atoms with Gasteiger partial charge < -0.3 is 24.8 Å². The van der Waals surface area contributed by atoms with Crippen LogP contribution in [0, 0.1) is 12.2 Å². The Bertz CT molecular complexity index is 536. The van der Waals surface area contributed by atoms with Gasteiger partial charge in [-0.05, 0) is 0 Å². The summed E-state index contributed by atoms with van der Waals surface area (Å²) in [6, 6.07) is 9.30. The number of unbranched alkanes of at least 4 members (excludes halogenated alkanes) is 2. The summed E-state index contributed by atoms with van der Waals surface area (Å²) in [7, 11) is -1.82. The fourth-order valence-electron chi connectivity index (χ4n) is 5.08.